The van der Waals surface area contributed by atoms with E-state index < -0.39 is 17.5 Å². The summed E-state index contributed by atoms with van der Waals surface area (Å²) < 4.78 is 14.1. The lowest BCUT2D eigenvalue weighted by Gasteiger charge is -2.13. The second-order valence-electron chi connectivity index (χ2n) is 4.09. The first-order chi connectivity index (χ1) is 8.33. The van der Waals surface area contributed by atoms with Gasteiger partial charge in [0.15, 0.2) is 5.67 Å². The average molecular weight is 336 g/mol. The molecule has 0 unspecified atom stereocenters. The normalized spacial score (nSPS) is 16.2. The molecule has 0 bridgehead atoms. The van der Waals surface area contributed by atoms with Gasteiger partial charge in [0, 0.05) is 4.47 Å². The molecule has 18 heavy (non-hydrogen) atoms. The largest absolute Gasteiger partial charge is 0.366 e. The molecule has 0 heterocycles. The Bertz CT molecular complexity index is 546. The molecule has 0 aromatic heterocycles. The van der Waals surface area contributed by atoms with Crippen molar-refractivity contribution in [1.29, 1.82) is 0 Å². The minimum Gasteiger partial charge on any atom is -0.366 e. The Morgan fingerprint density at radius 3 is 2.56 bits per heavy atom. The standard InChI is InChI=1S/C11H9BrClFN2O2/c12-5-3-6(9(15)17)8(7(13)4-5)16-10(18)11(14)1-2-11/h3-4H,1-2H2,(H2,15,17)(H,16,18). The van der Waals surface area contributed by atoms with E-state index in [1.165, 1.54) is 12.1 Å². The molecular formula is C11H9BrClFN2O2. The van der Waals surface area contributed by atoms with Gasteiger partial charge in [-0.3, -0.25) is 9.59 Å². The van der Waals surface area contributed by atoms with Crippen LogP contribution in [0.1, 0.15) is 23.2 Å². The van der Waals surface area contributed by atoms with Crippen LogP contribution >= 0.6 is 27.5 Å². The third-order valence-electron chi connectivity index (χ3n) is 2.65. The zero-order chi connectivity index (χ0) is 13.5. The molecule has 7 heteroatoms. The van der Waals surface area contributed by atoms with Crippen LogP contribution in [0.25, 0.3) is 0 Å². The van der Waals surface area contributed by atoms with Gasteiger partial charge in [0.2, 0.25) is 0 Å². The molecule has 0 saturated heterocycles. The van der Waals surface area contributed by atoms with Crippen LogP contribution < -0.4 is 11.1 Å². The first-order valence-electron chi connectivity index (χ1n) is 5.13. The predicted octanol–water partition coefficient (Wildman–Crippen LogP) is 2.64. The zero-order valence-corrected chi connectivity index (χ0v) is 11.4. The zero-order valence-electron chi connectivity index (χ0n) is 9.10. The lowest BCUT2D eigenvalue weighted by atomic mass is 10.1. The Kier molecular flexibility index (Phi) is 3.33. The third-order valence-corrected chi connectivity index (χ3v) is 3.41. The number of amides is 2. The van der Waals surface area contributed by atoms with E-state index in [0.29, 0.717) is 4.47 Å². The number of hydrogen-bond acceptors (Lipinski definition) is 2. The molecule has 0 spiro atoms. The second-order valence-corrected chi connectivity index (χ2v) is 5.42. The Balaban J connectivity index is 2.37. The van der Waals surface area contributed by atoms with Crippen LogP contribution in [-0.4, -0.2) is 17.5 Å². The number of hydrogen-bond donors (Lipinski definition) is 2. The van der Waals surface area contributed by atoms with Gasteiger partial charge in [-0.25, -0.2) is 4.39 Å². The van der Waals surface area contributed by atoms with E-state index in [9.17, 15) is 14.0 Å². The first-order valence-corrected chi connectivity index (χ1v) is 6.30. The molecule has 1 aromatic carbocycles. The molecule has 4 nitrogen and oxygen atoms in total. The van der Waals surface area contributed by atoms with Crippen molar-refractivity contribution in [2.24, 2.45) is 5.73 Å². The SMILES string of the molecule is NC(=O)c1cc(Br)cc(Cl)c1NC(=O)C1(F)CC1. The topological polar surface area (TPSA) is 72.2 Å². The fourth-order valence-electron chi connectivity index (χ4n) is 1.46. The highest BCUT2D eigenvalue weighted by molar-refractivity contribution is 9.10. The monoisotopic (exact) mass is 334 g/mol. The number of primary amides is 1. The van der Waals surface area contributed by atoms with Crippen LogP contribution in [0.3, 0.4) is 0 Å². The Morgan fingerprint density at radius 1 is 1.44 bits per heavy atom. The van der Waals surface area contributed by atoms with Gasteiger partial charge in [-0.05, 0) is 25.0 Å². The molecule has 1 aliphatic rings. The van der Waals surface area contributed by atoms with Crippen LogP contribution in [0.5, 0.6) is 0 Å². The fraction of sp³-hybridized carbons (Fsp3) is 0.273. The maximum Gasteiger partial charge on any atom is 0.262 e. The number of carbonyl (C=O) groups is 2. The summed E-state index contributed by atoms with van der Waals surface area (Å²) in [7, 11) is 0. The van der Waals surface area contributed by atoms with Crippen LogP contribution in [0.4, 0.5) is 10.1 Å². The molecule has 0 atom stereocenters. The van der Waals surface area contributed by atoms with E-state index in [-0.39, 0.29) is 29.1 Å². The van der Waals surface area contributed by atoms with E-state index in [1.54, 1.807) is 0 Å². The fourth-order valence-corrected chi connectivity index (χ4v) is 2.31. The molecule has 1 aliphatic carbocycles. The van der Waals surface area contributed by atoms with Gasteiger partial charge in [0.25, 0.3) is 11.8 Å². The number of rotatable bonds is 3. The molecule has 0 radical (unpaired) electrons. The highest BCUT2D eigenvalue weighted by Gasteiger charge is 2.51. The van der Waals surface area contributed by atoms with Gasteiger partial charge < -0.3 is 11.1 Å². The molecule has 1 fully saturated rings. The van der Waals surface area contributed by atoms with E-state index >= 15 is 0 Å². The number of anilines is 1. The third kappa shape index (κ3) is 2.49. The lowest BCUT2D eigenvalue weighted by Crippen LogP contribution is -2.27. The molecular weight excluding hydrogens is 326 g/mol. The lowest BCUT2D eigenvalue weighted by molar-refractivity contribution is -0.122. The maximum atomic E-state index is 13.5. The number of halogens is 3. The van der Waals surface area contributed by atoms with E-state index in [4.69, 9.17) is 17.3 Å². The van der Waals surface area contributed by atoms with Crippen molar-refractivity contribution in [1.82, 2.24) is 0 Å². The number of carbonyl (C=O) groups excluding carboxylic acids is 2. The smallest absolute Gasteiger partial charge is 0.262 e. The summed E-state index contributed by atoms with van der Waals surface area (Å²) in [6, 6.07) is 2.91. The van der Waals surface area contributed by atoms with E-state index in [2.05, 4.69) is 21.2 Å². The van der Waals surface area contributed by atoms with E-state index in [1.807, 2.05) is 0 Å². The van der Waals surface area contributed by atoms with Gasteiger partial charge in [0.1, 0.15) is 0 Å². The van der Waals surface area contributed by atoms with Crippen molar-refractivity contribution in [3.8, 4) is 0 Å². The molecule has 1 saturated carbocycles. The van der Waals surface area contributed by atoms with Crippen molar-refractivity contribution in [3.63, 3.8) is 0 Å². The summed E-state index contributed by atoms with van der Waals surface area (Å²) in [6.45, 7) is 0. The number of alkyl halides is 1. The van der Waals surface area contributed by atoms with Crippen LogP contribution in [0, 0.1) is 0 Å². The molecule has 96 valence electrons. The summed E-state index contributed by atoms with van der Waals surface area (Å²) in [5, 5.41) is 2.44. The molecule has 3 N–H and O–H groups in total. The quantitative estimate of drug-likeness (QED) is 0.891. The summed E-state index contributed by atoms with van der Waals surface area (Å²) >= 11 is 9.07. The van der Waals surface area contributed by atoms with Crippen LogP contribution in [-0.2, 0) is 4.79 Å². The highest BCUT2D eigenvalue weighted by atomic mass is 79.9. The number of nitrogens with two attached hydrogens (primary N) is 1. The van der Waals surface area contributed by atoms with Gasteiger partial charge >= 0.3 is 0 Å². The van der Waals surface area contributed by atoms with Crippen molar-refractivity contribution in [2.75, 3.05) is 5.32 Å². The van der Waals surface area contributed by atoms with Gasteiger partial charge in [-0.2, -0.15) is 0 Å². The second kappa shape index (κ2) is 4.51. The Morgan fingerprint density at radius 2 is 2.06 bits per heavy atom. The van der Waals surface area contributed by atoms with Gasteiger partial charge in [-0.1, -0.05) is 27.5 Å². The Hall–Kier alpha value is -1.14. The summed E-state index contributed by atoms with van der Waals surface area (Å²) in [6.07, 6.45) is 0.359. The van der Waals surface area contributed by atoms with Gasteiger partial charge in [0.05, 0.1) is 16.3 Å². The number of nitrogens with one attached hydrogen (secondary N) is 1. The Labute approximate surface area is 116 Å². The van der Waals surface area contributed by atoms with Crippen LogP contribution in [0.15, 0.2) is 16.6 Å². The van der Waals surface area contributed by atoms with Crippen molar-refractivity contribution >= 4 is 45.0 Å². The summed E-state index contributed by atoms with van der Waals surface area (Å²) in [4.78, 5) is 22.9. The molecule has 2 rings (SSSR count). The number of benzene rings is 1. The van der Waals surface area contributed by atoms with Crippen molar-refractivity contribution in [3.05, 3.63) is 27.2 Å². The minimum atomic E-state index is -1.84. The molecule has 0 aliphatic heterocycles. The molecule has 1 aromatic rings. The van der Waals surface area contributed by atoms with Gasteiger partial charge in [-0.15, -0.1) is 0 Å². The molecule has 2 amide bonds. The minimum absolute atomic E-state index is 0.0342. The first kappa shape index (κ1) is 13.3. The predicted molar refractivity (Wildman–Crippen MR) is 69.4 cm³/mol. The summed E-state index contributed by atoms with van der Waals surface area (Å²) in [5.41, 5.74) is 3.42. The van der Waals surface area contributed by atoms with Crippen LogP contribution in [0.2, 0.25) is 5.02 Å². The maximum absolute atomic E-state index is 13.5. The van der Waals surface area contributed by atoms with Crippen molar-refractivity contribution < 1.29 is 14.0 Å². The highest BCUT2D eigenvalue weighted by Crippen LogP contribution is 2.41. The van der Waals surface area contributed by atoms with Crippen molar-refractivity contribution in [2.45, 2.75) is 18.5 Å². The average Bonchev–Trinajstić information content (AvgIpc) is 3.01. The van der Waals surface area contributed by atoms with E-state index in [0.717, 1.165) is 0 Å². The summed E-state index contributed by atoms with van der Waals surface area (Å²) in [5.74, 6) is -1.55.